The molecule has 0 radical (unpaired) electrons. The van der Waals surface area contributed by atoms with Gasteiger partial charge >= 0.3 is 0 Å². The Bertz CT molecular complexity index is 427. The summed E-state index contributed by atoms with van der Waals surface area (Å²) in [7, 11) is 0. The van der Waals surface area contributed by atoms with Crippen LogP contribution in [0.2, 0.25) is 0 Å². The molecule has 0 saturated carbocycles. The van der Waals surface area contributed by atoms with Crippen LogP contribution in [0.25, 0.3) is 0 Å². The molecule has 2 heterocycles. The van der Waals surface area contributed by atoms with E-state index >= 15 is 0 Å². The number of aryl methyl sites for hydroxylation is 1. The van der Waals surface area contributed by atoms with Crippen molar-refractivity contribution in [1.29, 1.82) is 0 Å². The van der Waals surface area contributed by atoms with Crippen LogP contribution >= 0.6 is 0 Å². The van der Waals surface area contributed by atoms with Crippen molar-refractivity contribution in [1.82, 2.24) is 20.4 Å². The predicted molar refractivity (Wildman–Crippen MR) is 58.7 cm³/mol. The highest BCUT2D eigenvalue weighted by Gasteiger charge is 2.01. The minimum atomic E-state index is 0.680. The van der Waals surface area contributed by atoms with Crippen LogP contribution in [0.3, 0.4) is 0 Å². The van der Waals surface area contributed by atoms with Crippen molar-refractivity contribution < 1.29 is 4.52 Å². The summed E-state index contributed by atoms with van der Waals surface area (Å²) in [4.78, 5) is 8.09. The maximum absolute atomic E-state index is 5.01. The molecule has 0 unspecified atom stereocenters. The van der Waals surface area contributed by atoms with E-state index in [0.717, 1.165) is 19.5 Å². The molecular formula is C11H14N4O. The first-order valence-electron chi connectivity index (χ1n) is 5.23. The summed E-state index contributed by atoms with van der Waals surface area (Å²) in [5.74, 6) is 1.36. The third-order valence-corrected chi connectivity index (χ3v) is 2.16. The van der Waals surface area contributed by atoms with Crippen molar-refractivity contribution in [2.24, 2.45) is 0 Å². The molecule has 1 N–H and O–H groups in total. The first kappa shape index (κ1) is 10.8. The van der Waals surface area contributed by atoms with Crippen LogP contribution < -0.4 is 5.32 Å². The lowest BCUT2D eigenvalue weighted by atomic mass is 10.2. The summed E-state index contributed by atoms with van der Waals surface area (Å²) in [6.07, 6.45) is 4.34. The molecule has 0 amide bonds. The van der Waals surface area contributed by atoms with E-state index in [9.17, 15) is 0 Å². The molecule has 0 aliphatic carbocycles. The van der Waals surface area contributed by atoms with E-state index in [0.29, 0.717) is 11.7 Å². The van der Waals surface area contributed by atoms with Gasteiger partial charge in [0.2, 0.25) is 5.89 Å². The zero-order chi connectivity index (χ0) is 11.2. The molecule has 2 aromatic rings. The first-order valence-corrected chi connectivity index (χ1v) is 5.23. The molecule has 0 fully saturated rings. The highest BCUT2D eigenvalue weighted by atomic mass is 16.5. The second kappa shape index (κ2) is 5.37. The summed E-state index contributed by atoms with van der Waals surface area (Å²) >= 11 is 0. The second-order valence-corrected chi connectivity index (χ2v) is 3.52. The van der Waals surface area contributed by atoms with E-state index in [2.05, 4.69) is 20.4 Å². The number of rotatable bonds is 5. The van der Waals surface area contributed by atoms with Gasteiger partial charge in [-0.25, -0.2) is 0 Å². The van der Waals surface area contributed by atoms with E-state index in [1.807, 2.05) is 19.1 Å². The predicted octanol–water partition coefficient (Wildman–Crippen LogP) is 1.11. The molecule has 2 rings (SSSR count). The third kappa shape index (κ3) is 3.13. The van der Waals surface area contributed by atoms with E-state index in [1.54, 1.807) is 12.4 Å². The first-order chi connectivity index (χ1) is 7.84. The van der Waals surface area contributed by atoms with E-state index < -0.39 is 0 Å². The molecule has 0 bridgehead atoms. The van der Waals surface area contributed by atoms with Gasteiger partial charge in [0.15, 0.2) is 5.82 Å². The van der Waals surface area contributed by atoms with E-state index in [1.165, 1.54) is 5.56 Å². The molecule has 0 aliphatic rings. The van der Waals surface area contributed by atoms with Gasteiger partial charge in [-0.2, -0.15) is 4.98 Å². The molecule has 5 heteroatoms. The summed E-state index contributed by atoms with van der Waals surface area (Å²) in [6.45, 7) is 3.47. The van der Waals surface area contributed by atoms with Crippen molar-refractivity contribution in [2.75, 3.05) is 6.54 Å². The van der Waals surface area contributed by atoms with Crippen LogP contribution in [0.15, 0.2) is 29.0 Å². The standard InChI is InChI=1S/C11H14N4O/c1-9-14-11(16-15-9)4-7-13-8-10-2-5-12-6-3-10/h2-3,5-6,13H,4,7-8H2,1H3. The monoisotopic (exact) mass is 218 g/mol. The normalized spacial score (nSPS) is 10.6. The molecule has 5 nitrogen and oxygen atoms in total. The molecule has 0 aliphatic heterocycles. The van der Waals surface area contributed by atoms with Gasteiger partial charge in [0.25, 0.3) is 0 Å². The Morgan fingerprint density at radius 3 is 2.81 bits per heavy atom. The van der Waals surface area contributed by atoms with E-state index in [4.69, 9.17) is 4.52 Å². The van der Waals surface area contributed by atoms with Crippen LogP contribution in [0.4, 0.5) is 0 Å². The molecule has 84 valence electrons. The summed E-state index contributed by atoms with van der Waals surface area (Å²) in [6, 6.07) is 3.98. The van der Waals surface area contributed by atoms with Gasteiger partial charge in [0, 0.05) is 31.9 Å². The topological polar surface area (TPSA) is 63.8 Å². The molecular weight excluding hydrogens is 204 g/mol. The van der Waals surface area contributed by atoms with Crippen LogP contribution in [0.1, 0.15) is 17.3 Å². The van der Waals surface area contributed by atoms with Crippen molar-refractivity contribution in [2.45, 2.75) is 19.9 Å². The van der Waals surface area contributed by atoms with Crippen LogP contribution in [0.5, 0.6) is 0 Å². The quantitative estimate of drug-likeness (QED) is 0.761. The Morgan fingerprint density at radius 2 is 2.12 bits per heavy atom. The highest BCUT2D eigenvalue weighted by molar-refractivity contribution is 5.08. The Morgan fingerprint density at radius 1 is 1.31 bits per heavy atom. The lowest BCUT2D eigenvalue weighted by Gasteiger charge is -2.01. The molecule has 2 aromatic heterocycles. The Labute approximate surface area is 93.9 Å². The minimum absolute atomic E-state index is 0.680. The average Bonchev–Trinajstić information content (AvgIpc) is 2.72. The summed E-state index contributed by atoms with van der Waals surface area (Å²) < 4.78 is 5.01. The number of hydrogen-bond acceptors (Lipinski definition) is 5. The van der Waals surface area contributed by atoms with Gasteiger partial charge in [0.05, 0.1) is 0 Å². The smallest absolute Gasteiger partial charge is 0.227 e. The number of nitrogens with one attached hydrogen (secondary N) is 1. The number of nitrogens with zero attached hydrogens (tertiary/aromatic N) is 3. The lowest BCUT2D eigenvalue weighted by molar-refractivity contribution is 0.372. The zero-order valence-electron chi connectivity index (χ0n) is 9.18. The third-order valence-electron chi connectivity index (χ3n) is 2.16. The van der Waals surface area contributed by atoms with Crippen LogP contribution in [-0.4, -0.2) is 21.7 Å². The fraction of sp³-hybridized carbons (Fsp3) is 0.364. The van der Waals surface area contributed by atoms with Gasteiger partial charge in [-0.1, -0.05) is 5.16 Å². The minimum Gasteiger partial charge on any atom is -0.339 e. The molecule has 0 spiro atoms. The summed E-state index contributed by atoms with van der Waals surface area (Å²) in [5, 5.41) is 7.04. The van der Waals surface area contributed by atoms with Gasteiger partial charge in [-0.3, -0.25) is 4.98 Å². The van der Waals surface area contributed by atoms with Gasteiger partial charge in [-0.05, 0) is 24.6 Å². The summed E-state index contributed by atoms with van der Waals surface area (Å²) in [5.41, 5.74) is 1.22. The van der Waals surface area contributed by atoms with Crippen molar-refractivity contribution in [3.05, 3.63) is 41.8 Å². The average molecular weight is 218 g/mol. The number of hydrogen-bond donors (Lipinski definition) is 1. The van der Waals surface area contributed by atoms with Crippen molar-refractivity contribution in [3.63, 3.8) is 0 Å². The van der Waals surface area contributed by atoms with Crippen molar-refractivity contribution in [3.8, 4) is 0 Å². The Hall–Kier alpha value is -1.75. The van der Waals surface area contributed by atoms with Gasteiger partial charge in [0.1, 0.15) is 0 Å². The fourth-order valence-electron chi connectivity index (χ4n) is 1.37. The maximum atomic E-state index is 5.01. The van der Waals surface area contributed by atoms with Crippen LogP contribution in [0, 0.1) is 6.92 Å². The molecule has 16 heavy (non-hydrogen) atoms. The van der Waals surface area contributed by atoms with Crippen molar-refractivity contribution >= 4 is 0 Å². The molecule has 0 atom stereocenters. The maximum Gasteiger partial charge on any atom is 0.227 e. The Kier molecular flexibility index (Phi) is 3.61. The SMILES string of the molecule is Cc1noc(CCNCc2ccncc2)n1. The Balaban J connectivity index is 1.69. The van der Waals surface area contributed by atoms with E-state index in [-0.39, 0.29) is 0 Å². The number of aromatic nitrogens is 3. The molecule has 0 aromatic carbocycles. The fourth-order valence-corrected chi connectivity index (χ4v) is 1.37. The van der Waals surface area contributed by atoms with Crippen LogP contribution in [-0.2, 0) is 13.0 Å². The zero-order valence-corrected chi connectivity index (χ0v) is 9.18. The highest BCUT2D eigenvalue weighted by Crippen LogP contribution is 1.97. The van der Waals surface area contributed by atoms with Gasteiger partial charge in [-0.15, -0.1) is 0 Å². The second-order valence-electron chi connectivity index (χ2n) is 3.52. The van der Waals surface area contributed by atoms with Gasteiger partial charge < -0.3 is 9.84 Å². The molecule has 0 saturated heterocycles. The number of pyridine rings is 1. The lowest BCUT2D eigenvalue weighted by Crippen LogP contribution is -2.16. The largest absolute Gasteiger partial charge is 0.339 e.